The normalized spacial score (nSPS) is 14.6. The van der Waals surface area contributed by atoms with E-state index in [4.69, 9.17) is 4.74 Å². The lowest BCUT2D eigenvalue weighted by Gasteiger charge is -2.31. The third kappa shape index (κ3) is 4.53. The summed E-state index contributed by atoms with van der Waals surface area (Å²) in [5, 5.41) is 7.77. The molecule has 29 heavy (non-hydrogen) atoms. The summed E-state index contributed by atoms with van der Waals surface area (Å²) in [6.07, 6.45) is 4.96. The first-order chi connectivity index (χ1) is 14.2. The van der Waals surface area contributed by atoms with Crippen molar-refractivity contribution in [3.05, 3.63) is 48.8 Å². The van der Waals surface area contributed by atoms with Gasteiger partial charge in [0, 0.05) is 36.9 Å². The van der Waals surface area contributed by atoms with Gasteiger partial charge < -0.3 is 20.3 Å². The van der Waals surface area contributed by atoms with E-state index in [0.29, 0.717) is 25.6 Å². The predicted molar refractivity (Wildman–Crippen MR) is 112 cm³/mol. The smallest absolute Gasteiger partial charge is 0.409 e. The van der Waals surface area contributed by atoms with Gasteiger partial charge in [-0.25, -0.2) is 9.78 Å². The molecule has 0 saturated carbocycles. The molecule has 0 radical (unpaired) electrons. The fourth-order valence-corrected chi connectivity index (χ4v) is 3.46. The van der Waals surface area contributed by atoms with E-state index in [0.717, 1.165) is 35.2 Å². The van der Waals surface area contributed by atoms with Crippen LogP contribution in [0, 0.1) is 0 Å². The number of nitrogens with zero attached hydrogens (tertiary/aromatic N) is 4. The second kappa shape index (κ2) is 8.72. The zero-order chi connectivity index (χ0) is 20.1. The Morgan fingerprint density at radius 1 is 1.14 bits per heavy atom. The van der Waals surface area contributed by atoms with E-state index in [1.807, 2.05) is 43.3 Å². The van der Waals surface area contributed by atoms with Gasteiger partial charge in [-0.2, -0.15) is 4.98 Å². The number of aromatic nitrogens is 3. The van der Waals surface area contributed by atoms with E-state index in [2.05, 4.69) is 25.6 Å². The third-order valence-corrected chi connectivity index (χ3v) is 4.91. The fraction of sp³-hybridized carbons (Fsp3) is 0.333. The molecule has 0 unspecified atom stereocenters. The lowest BCUT2D eigenvalue weighted by Crippen LogP contribution is -2.42. The molecule has 2 N–H and O–H groups in total. The van der Waals surface area contributed by atoms with E-state index in [1.54, 1.807) is 17.3 Å². The summed E-state index contributed by atoms with van der Waals surface area (Å²) in [6, 6.07) is 12.0. The number of amides is 1. The number of carbonyl (C=O) groups excluding carboxylic acids is 1. The van der Waals surface area contributed by atoms with Gasteiger partial charge in [-0.15, -0.1) is 0 Å². The number of anilines is 3. The first-order valence-corrected chi connectivity index (χ1v) is 9.85. The number of ether oxygens (including phenoxy) is 1. The molecule has 8 nitrogen and oxygen atoms in total. The summed E-state index contributed by atoms with van der Waals surface area (Å²) < 4.78 is 5.07. The highest BCUT2D eigenvalue weighted by atomic mass is 16.6. The van der Waals surface area contributed by atoms with E-state index < -0.39 is 0 Å². The molecule has 0 bridgehead atoms. The van der Waals surface area contributed by atoms with Crippen molar-refractivity contribution >= 4 is 34.4 Å². The van der Waals surface area contributed by atoms with Gasteiger partial charge in [0.05, 0.1) is 17.8 Å². The Balaban J connectivity index is 1.40. The van der Waals surface area contributed by atoms with Crippen LogP contribution in [0.4, 0.5) is 22.2 Å². The molecule has 3 aromatic rings. The van der Waals surface area contributed by atoms with Crippen LogP contribution < -0.4 is 10.6 Å². The molecule has 1 aliphatic rings. The molecule has 0 spiro atoms. The van der Waals surface area contributed by atoms with Gasteiger partial charge in [0.25, 0.3) is 0 Å². The summed E-state index contributed by atoms with van der Waals surface area (Å²) >= 11 is 0. The number of nitrogens with one attached hydrogen (secondary N) is 2. The largest absolute Gasteiger partial charge is 0.450 e. The van der Waals surface area contributed by atoms with Gasteiger partial charge in [-0.3, -0.25) is 4.98 Å². The van der Waals surface area contributed by atoms with Crippen molar-refractivity contribution < 1.29 is 9.53 Å². The molecule has 4 rings (SSSR count). The molecule has 3 heterocycles. The van der Waals surface area contributed by atoms with Gasteiger partial charge in [0.1, 0.15) is 5.82 Å². The lowest BCUT2D eigenvalue weighted by atomic mass is 10.1. The number of fused-ring (bicyclic) bond motifs is 1. The number of likely N-dealkylation sites (tertiary alicyclic amines) is 1. The van der Waals surface area contributed by atoms with Crippen LogP contribution >= 0.6 is 0 Å². The maximum absolute atomic E-state index is 11.8. The van der Waals surface area contributed by atoms with E-state index in [1.165, 1.54) is 0 Å². The number of rotatable bonds is 5. The van der Waals surface area contributed by atoms with Crippen LogP contribution in [0.5, 0.6) is 0 Å². The standard InChI is InChI=1S/C21H24N6O2/c1-2-29-21(28)27-13-9-16(10-14-27)24-18-8-12-23-20(26-18)25-17-7-3-5-15-6-4-11-22-19(15)17/h3-8,11-12,16H,2,9-10,13-14H2,1H3,(H2,23,24,25,26). The Hall–Kier alpha value is -3.42. The molecule has 1 aromatic carbocycles. The minimum atomic E-state index is -0.233. The van der Waals surface area contributed by atoms with Crippen molar-refractivity contribution in [1.29, 1.82) is 0 Å². The van der Waals surface area contributed by atoms with Crippen molar-refractivity contribution in [3.8, 4) is 0 Å². The second-order valence-corrected chi connectivity index (χ2v) is 6.88. The highest BCUT2D eigenvalue weighted by Crippen LogP contribution is 2.24. The molecule has 0 aliphatic carbocycles. The number of piperidine rings is 1. The number of para-hydroxylation sites is 1. The maximum Gasteiger partial charge on any atom is 0.409 e. The zero-order valence-electron chi connectivity index (χ0n) is 16.3. The predicted octanol–water partition coefficient (Wildman–Crippen LogP) is 3.80. The monoisotopic (exact) mass is 392 g/mol. The fourth-order valence-electron chi connectivity index (χ4n) is 3.46. The molecule has 8 heteroatoms. The quantitative estimate of drug-likeness (QED) is 0.682. The van der Waals surface area contributed by atoms with Gasteiger partial charge in [0.2, 0.25) is 5.95 Å². The van der Waals surface area contributed by atoms with Crippen LogP contribution in [0.1, 0.15) is 19.8 Å². The molecule has 1 fully saturated rings. The van der Waals surface area contributed by atoms with Crippen molar-refractivity contribution in [2.75, 3.05) is 30.3 Å². The molecule has 2 aromatic heterocycles. The van der Waals surface area contributed by atoms with Crippen molar-refractivity contribution in [1.82, 2.24) is 19.9 Å². The number of benzene rings is 1. The average Bonchev–Trinajstić information content (AvgIpc) is 2.75. The topological polar surface area (TPSA) is 92.3 Å². The average molecular weight is 392 g/mol. The maximum atomic E-state index is 11.8. The van der Waals surface area contributed by atoms with Crippen molar-refractivity contribution in [2.24, 2.45) is 0 Å². The molecule has 1 amide bonds. The Morgan fingerprint density at radius 3 is 2.79 bits per heavy atom. The van der Waals surface area contributed by atoms with Gasteiger partial charge in [-0.05, 0) is 38.0 Å². The SMILES string of the molecule is CCOC(=O)N1CCC(Nc2ccnc(Nc3cccc4cccnc34)n2)CC1. The highest BCUT2D eigenvalue weighted by Gasteiger charge is 2.23. The van der Waals surface area contributed by atoms with Gasteiger partial charge >= 0.3 is 6.09 Å². The van der Waals surface area contributed by atoms with Crippen LogP contribution in [0.2, 0.25) is 0 Å². The van der Waals surface area contributed by atoms with Crippen LogP contribution in [0.15, 0.2) is 48.8 Å². The first kappa shape index (κ1) is 18.9. The number of pyridine rings is 1. The number of hydrogen-bond acceptors (Lipinski definition) is 7. The Bertz CT molecular complexity index is 982. The van der Waals surface area contributed by atoms with E-state index in [-0.39, 0.29) is 12.1 Å². The van der Waals surface area contributed by atoms with E-state index >= 15 is 0 Å². The Kier molecular flexibility index (Phi) is 5.69. The van der Waals surface area contributed by atoms with Crippen LogP contribution in [0.3, 0.4) is 0 Å². The lowest BCUT2D eigenvalue weighted by molar-refractivity contribution is 0.0983. The molecule has 1 saturated heterocycles. The number of carbonyl (C=O) groups is 1. The molecular weight excluding hydrogens is 368 g/mol. The van der Waals surface area contributed by atoms with Crippen molar-refractivity contribution in [3.63, 3.8) is 0 Å². The summed E-state index contributed by atoms with van der Waals surface area (Å²) in [5.74, 6) is 1.27. The van der Waals surface area contributed by atoms with Crippen LogP contribution in [-0.4, -0.2) is 51.7 Å². The van der Waals surface area contributed by atoms with E-state index in [9.17, 15) is 4.79 Å². The van der Waals surface area contributed by atoms with Crippen molar-refractivity contribution in [2.45, 2.75) is 25.8 Å². The third-order valence-electron chi connectivity index (χ3n) is 4.91. The summed E-state index contributed by atoms with van der Waals surface area (Å²) in [5.41, 5.74) is 1.74. The Labute approximate surface area is 169 Å². The molecule has 0 atom stereocenters. The Morgan fingerprint density at radius 2 is 1.97 bits per heavy atom. The summed E-state index contributed by atoms with van der Waals surface area (Å²) in [4.78, 5) is 26.9. The zero-order valence-corrected chi connectivity index (χ0v) is 16.3. The highest BCUT2D eigenvalue weighted by molar-refractivity contribution is 5.91. The molecular formula is C21H24N6O2. The first-order valence-electron chi connectivity index (χ1n) is 9.85. The number of hydrogen-bond donors (Lipinski definition) is 2. The summed E-state index contributed by atoms with van der Waals surface area (Å²) in [7, 11) is 0. The van der Waals surface area contributed by atoms with Gasteiger partial charge in [-0.1, -0.05) is 18.2 Å². The minimum absolute atomic E-state index is 0.233. The molecule has 150 valence electrons. The second-order valence-electron chi connectivity index (χ2n) is 6.88. The van der Waals surface area contributed by atoms with Crippen LogP contribution in [-0.2, 0) is 4.74 Å². The van der Waals surface area contributed by atoms with Gasteiger partial charge in [0.15, 0.2) is 0 Å². The minimum Gasteiger partial charge on any atom is -0.450 e. The molecule has 1 aliphatic heterocycles. The summed E-state index contributed by atoms with van der Waals surface area (Å²) in [6.45, 7) is 3.57. The van der Waals surface area contributed by atoms with Crippen LogP contribution in [0.25, 0.3) is 10.9 Å².